The summed E-state index contributed by atoms with van der Waals surface area (Å²) in [6.07, 6.45) is 2.81. The second-order valence-electron chi connectivity index (χ2n) is 7.10. The zero-order valence-electron chi connectivity index (χ0n) is 17.1. The fourth-order valence-corrected chi connectivity index (χ4v) is 3.77. The minimum absolute atomic E-state index is 0. The van der Waals surface area contributed by atoms with Gasteiger partial charge in [-0.05, 0) is 37.4 Å². The minimum atomic E-state index is -0.264. The molecule has 0 aromatic heterocycles. The highest BCUT2D eigenvalue weighted by Gasteiger charge is 2.32. The quantitative estimate of drug-likeness (QED) is 0.617. The van der Waals surface area contributed by atoms with E-state index in [1.807, 2.05) is 6.07 Å². The Hall–Kier alpha value is -2.77. The van der Waals surface area contributed by atoms with Crippen LogP contribution < -0.4 is 25.8 Å². The van der Waals surface area contributed by atoms with E-state index < -0.39 is 0 Å². The highest BCUT2D eigenvalue weighted by Crippen LogP contribution is 2.38. The molecule has 1 fully saturated rings. The molecule has 0 saturated heterocycles. The van der Waals surface area contributed by atoms with Crippen LogP contribution in [0.4, 0.5) is 11.4 Å². The average Bonchev–Trinajstić information content (AvgIpc) is 3.24. The largest absolute Gasteiger partial charge is 0.494 e. The van der Waals surface area contributed by atoms with Gasteiger partial charge in [-0.3, -0.25) is 9.59 Å². The van der Waals surface area contributed by atoms with Crippen LogP contribution in [0, 0.1) is 11.8 Å². The van der Waals surface area contributed by atoms with E-state index in [9.17, 15) is 9.59 Å². The number of carbonyl (C=O) groups excluding carboxylic acids is 2. The summed E-state index contributed by atoms with van der Waals surface area (Å²) in [6, 6.07) is 12.2. The molecule has 1 aliphatic carbocycles. The number of benzene rings is 2. The van der Waals surface area contributed by atoms with Gasteiger partial charge in [0, 0.05) is 23.6 Å². The molecule has 1 aliphatic rings. The van der Waals surface area contributed by atoms with Gasteiger partial charge < -0.3 is 25.8 Å². The summed E-state index contributed by atoms with van der Waals surface area (Å²) in [4.78, 5) is 25.3. The summed E-state index contributed by atoms with van der Waals surface area (Å²) in [6.45, 7) is 0.503. The van der Waals surface area contributed by atoms with Crippen molar-refractivity contribution in [2.24, 2.45) is 17.6 Å². The SMILES string of the molecule is COc1cc(NC(=O)[C@@H]2CCC[C@@H]2CN)c(OC)cc1NC(=O)c1ccccc1.Cl. The fraction of sp³-hybridized carbons (Fsp3) is 0.364. The lowest BCUT2D eigenvalue weighted by Crippen LogP contribution is -2.29. The lowest BCUT2D eigenvalue weighted by atomic mass is 9.95. The third-order valence-electron chi connectivity index (χ3n) is 5.36. The molecule has 8 heteroatoms. The average molecular weight is 434 g/mol. The summed E-state index contributed by atoms with van der Waals surface area (Å²) in [7, 11) is 3.02. The third-order valence-corrected chi connectivity index (χ3v) is 5.36. The highest BCUT2D eigenvalue weighted by molar-refractivity contribution is 6.05. The molecular weight excluding hydrogens is 406 g/mol. The van der Waals surface area contributed by atoms with Gasteiger partial charge in [0.05, 0.1) is 25.6 Å². The zero-order valence-corrected chi connectivity index (χ0v) is 18.0. The predicted octanol–water partition coefficient (Wildman–Crippen LogP) is 3.69. The molecule has 3 rings (SSSR count). The molecule has 4 N–H and O–H groups in total. The van der Waals surface area contributed by atoms with Crippen LogP contribution in [0.5, 0.6) is 11.5 Å². The third kappa shape index (κ3) is 5.23. The van der Waals surface area contributed by atoms with Crippen molar-refractivity contribution in [3.63, 3.8) is 0 Å². The van der Waals surface area contributed by atoms with Gasteiger partial charge in [0.1, 0.15) is 11.5 Å². The van der Waals surface area contributed by atoms with Crippen LogP contribution in [0.1, 0.15) is 29.6 Å². The number of ether oxygens (including phenoxy) is 2. The number of hydrogen-bond donors (Lipinski definition) is 3. The molecule has 7 nitrogen and oxygen atoms in total. The van der Waals surface area contributed by atoms with Crippen LogP contribution >= 0.6 is 12.4 Å². The number of rotatable bonds is 7. The second-order valence-corrected chi connectivity index (χ2v) is 7.10. The number of halogens is 1. The molecule has 30 heavy (non-hydrogen) atoms. The van der Waals surface area contributed by atoms with Gasteiger partial charge in [-0.1, -0.05) is 24.6 Å². The maximum Gasteiger partial charge on any atom is 0.255 e. The van der Waals surface area contributed by atoms with E-state index in [0.29, 0.717) is 35.0 Å². The predicted molar refractivity (Wildman–Crippen MR) is 120 cm³/mol. The molecule has 0 spiro atoms. The Labute approximate surface area is 182 Å². The molecule has 2 amide bonds. The van der Waals surface area contributed by atoms with Gasteiger partial charge in [0.25, 0.3) is 5.91 Å². The molecule has 2 aromatic rings. The molecule has 2 atom stereocenters. The van der Waals surface area contributed by atoms with Gasteiger partial charge in [0.2, 0.25) is 5.91 Å². The zero-order chi connectivity index (χ0) is 20.8. The normalized spacial score (nSPS) is 17.6. The Morgan fingerprint density at radius 1 is 1.00 bits per heavy atom. The van der Waals surface area contributed by atoms with Crippen LogP contribution in [0.2, 0.25) is 0 Å². The van der Waals surface area contributed by atoms with E-state index in [-0.39, 0.29) is 36.1 Å². The molecule has 0 bridgehead atoms. The van der Waals surface area contributed by atoms with Crippen molar-refractivity contribution in [3.05, 3.63) is 48.0 Å². The molecule has 1 saturated carbocycles. The number of methoxy groups -OCH3 is 2. The van der Waals surface area contributed by atoms with E-state index in [4.69, 9.17) is 15.2 Å². The molecular formula is C22H28ClN3O4. The van der Waals surface area contributed by atoms with Crippen LogP contribution in [0.3, 0.4) is 0 Å². The molecule has 0 aliphatic heterocycles. The van der Waals surface area contributed by atoms with Crippen molar-refractivity contribution in [2.45, 2.75) is 19.3 Å². The molecule has 162 valence electrons. The summed E-state index contributed by atoms with van der Waals surface area (Å²) < 4.78 is 10.9. The van der Waals surface area contributed by atoms with Gasteiger partial charge in [-0.2, -0.15) is 0 Å². The highest BCUT2D eigenvalue weighted by atomic mass is 35.5. The van der Waals surface area contributed by atoms with Crippen molar-refractivity contribution < 1.29 is 19.1 Å². The maximum absolute atomic E-state index is 12.8. The van der Waals surface area contributed by atoms with Gasteiger partial charge in [0.15, 0.2) is 0 Å². The number of hydrogen-bond acceptors (Lipinski definition) is 5. The number of nitrogens with one attached hydrogen (secondary N) is 2. The monoisotopic (exact) mass is 433 g/mol. The van der Waals surface area contributed by atoms with Gasteiger partial charge in [-0.25, -0.2) is 0 Å². The van der Waals surface area contributed by atoms with Crippen molar-refractivity contribution in [1.29, 1.82) is 0 Å². The summed E-state index contributed by atoms with van der Waals surface area (Å²) >= 11 is 0. The molecule has 0 heterocycles. The van der Waals surface area contributed by atoms with Gasteiger partial charge in [-0.15, -0.1) is 12.4 Å². The topological polar surface area (TPSA) is 103 Å². The van der Waals surface area contributed by atoms with Crippen molar-refractivity contribution in [1.82, 2.24) is 0 Å². The Bertz CT molecular complexity index is 876. The lowest BCUT2D eigenvalue weighted by molar-refractivity contribution is -0.120. The minimum Gasteiger partial charge on any atom is -0.494 e. The second kappa shape index (κ2) is 10.8. The lowest BCUT2D eigenvalue weighted by Gasteiger charge is -2.20. The van der Waals surface area contributed by atoms with Gasteiger partial charge >= 0.3 is 0 Å². The Morgan fingerprint density at radius 2 is 1.60 bits per heavy atom. The van der Waals surface area contributed by atoms with Crippen molar-refractivity contribution >= 4 is 35.6 Å². The number of nitrogens with two attached hydrogens (primary N) is 1. The van der Waals surface area contributed by atoms with E-state index >= 15 is 0 Å². The molecule has 2 aromatic carbocycles. The number of carbonyl (C=O) groups is 2. The van der Waals surface area contributed by atoms with E-state index in [0.717, 1.165) is 19.3 Å². The number of amides is 2. The maximum atomic E-state index is 12.8. The first kappa shape index (κ1) is 23.5. The summed E-state index contributed by atoms with van der Waals surface area (Å²) in [5.41, 5.74) is 7.28. The Balaban J connectivity index is 0.00000320. The first-order valence-electron chi connectivity index (χ1n) is 9.70. The van der Waals surface area contributed by atoms with Crippen LogP contribution in [0.15, 0.2) is 42.5 Å². The van der Waals surface area contributed by atoms with Crippen LogP contribution in [0.25, 0.3) is 0 Å². The van der Waals surface area contributed by atoms with E-state index in [2.05, 4.69) is 10.6 Å². The molecule has 0 radical (unpaired) electrons. The first-order valence-corrected chi connectivity index (χ1v) is 9.70. The Morgan fingerprint density at radius 3 is 2.17 bits per heavy atom. The molecule has 0 unspecified atom stereocenters. The van der Waals surface area contributed by atoms with Crippen molar-refractivity contribution in [3.8, 4) is 11.5 Å². The summed E-state index contributed by atoms with van der Waals surface area (Å²) in [5.74, 6) is 0.622. The first-order chi connectivity index (χ1) is 14.1. The Kier molecular flexibility index (Phi) is 8.50. The fourth-order valence-electron chi connectivity index (χ4n) is 3.77. The summed E-state index contributed by atoms with van der Waals surface area (Å²) in [5, 5.41) is 5.77. The van der Waals surface area contributed by atoms with E-state index in [1.165, 1.54) is 14.2 Å². The van der Waals surface area contributed by atoms with Crippen LogP contribution in [-0.4, -0.2) is 32.6 Å². The standard InChI is InChI=1S/C22H27N3O4.ClH/c1-28-19-12-18(25-22(27)16-10-6-9-15(16)13-23)20(29-2)11-17(19)24-21(26)14-7-4-3-5-8-14;/h3-5,7-8,11-12,15-16H,6,9-10,13,23H2,1-2H3,(H,24,26)(H,25,27);1H/t15-,16-;/m1./s1. The van der Waals surface area contributed by atoms with Crippen LogP contribution in [-0.2, 0) is 4.79 Å². The number of anilines is 2. The smallest absolute Gasteiger partial charge is 0.255 e. The van der Waals surface area contributed by atoms with E-state index in [1.54, 1.807) is 36.4 Å². The van der Waals surface area contributed by atoms with Crippen molar-refractivity contribution in [2.75, 3.05) is 31.4 Å².